The first-order valence-corrected chi connectivity index (χ1v) is 10.2. The highest BCUT2D eigenvalue weighted by atomic mass is 35.5. The van der Waals surface area contributed by atoms with Crippen molar-refractivity contribution in [2.45, 2.75) is 19.0 Å². The van der Waals surface area contributed by atoms with E-state index >= 15 is 0 Å². The van der Waals surface area contributed by atoms with Crippen LogP contribution in [0.1, 0.15) is 12.0 Å². The van der Waals surface area contributed by atoms with Crippen molar-refractivity contribution in [1.82, 2.24) is 9.78 Å². The topological polar surface area (TPSA) is 106 Å². The molecule has 2 heterocycles. The summed E-state index contributed by atoms with van der Waals surface area (Å²) in [6.07, 6.45) is 1.66. The number of nitrogens with one attached hydrogen (secondary N) is 1. The van der Waals surface area contributed by atoms with Gasteiger partial charge in [-0.3, -0.25) is 14.6 Å². The summed E-state index contributed by atoms with van der Waals surface area (Å²) in [7, 11) is 0. The van der Waals surface area contributed by atoms with Crippen LogP contribution in [0.2, 0.25) is 10.0 Å². The van der Waals surface area contributed by atoms with Gasteiger partial charge in [-0.2, -0.15) is 10.2 Å². The molecule has 0 fully saturated rings. The highest BCUT2D eigenvalue weighted by Gasteiger charge is 2.35. The summed E-state index contributed by atoms with van der Waals surface area (Å²) in [6, 6.07) is 15.3. The van der Waals surface area contributed by atoms with Crippen molar-refractivity contribution in [2.75, 3.05) is 10.3 Å². The Morgan fingerprint density at radius 3 is 2.61 bits per heavy atom. The molecule has 0 saturated carbocycles. The highest BCUT2D eigenvalue weighted by Crippen LogP contribution is 2.27. The number of primary amides is 1. The average Bonchev–Trinajstić information content (AvgIpc) is 3.39. The average molecular weight is 457 g/mol. The second-order valence-corrected chi connectivity index (χ2v) is 7.68. The summed E-state index contributed by atoms with van der Waals surface area (Å²) < 4.78 is 1.59. The van der Waals surface area contributed by atoms with E-state index in [-0.39, 0.29) is 12.1 Å². The number of hydrogen-bond donors (Lipinski definition) is 2. The molecule has 3 aromatic rings. The molecule has 1 aliphatic heterocycles. The Hall–Kier alpha value is -3.36. The maximum absolute atomic E-state index is 12.9. The lowest BCUT2D eigenvalue weighted by atomic mass is 10.1. The van der Waals surface area contributed by atoms with Gasteiger partial charge in [-0.05, 0) is 23.8 Å². The van der Waals surface area contributed by atoms with Gasteiger partial charge in [0, 0.05) is 12.5 Å². The van der Waals surface area contributed by atoms with Crippen LogP contribution in [-0.2, 0) is 16.1 Å². The van der Waals surface area contributed by atoms with Crippen LogP contribution in [0.15, 0.2) is 65.9 Å². The fourth-order valence-corrected chi connectivity index (χ4v) is 3.65. The van der Waals surface area contributed by atoms with Crippen molar-refractivity contribution >= 4 is 52.2 Å². The minimum atomic E-state index is -0.738. The summed E-state index contributed by atoms with van der Waals surface area (Å²) in [5.41, 5.74) is 7.17. The molecule has 3 N–H and O–H groups in total. The van der Waals surface area contributed by atoms with Crippen molar-refractivity contribution in [3.63, 3.8) is 0 Å². The molecule has 1 aromatic heterocycles. The van der Waals surface area contributed by atoms with Crippen LogP contribution in [0.25, 0.3) is 0 Å². The van der Waals surface area contributed by atoms with Crippen molar-refractivity contribution < 1.29 is 9.59 Å². The van der Waals surface area contributed by atoms with Crippen molar-refractivity contribution in [1.29, 1.82) is 0 Å². The van der Waals surface area contributed by atoms with Crippen LogP contribution in [0.3, 0.4) is 0 Å². The zero-order valence-electron chi connectivity index (χ0n) is 16.2. The lowest BCUT2D eigenvalue weighted by molar-refractivity contribution is -0.119. The molecule has 2 amide bonds. The van der Waals surface area contributed by atoms with Crippen LogP contribution >= 0.6 is 23.2 Å². The molecule has 10 heteroatoms. The SMILES string of the molecule is NC(=O)C1CC(C(=O)Nc2ccnn2Cc2cccc(Cl)c2Cl)=NN1c1ccccc1. The zero-order chi connectivity index (χ0) is 22.0. The summed E-state index contributed by atoms with van der Waals surface area (Å²) >= 11 is 12.3. The van der Waals surface area contributed by atoms with Gasteiger partial charge in [0.2, 0.25) is 5.91 Å². The van der Waals surface area contributed by atoms with E-state index in [9.17, 15) is 9.59 Å². The van der Waals surface area contributed by atoms with Gasteiger partial charge < -0.3 is 11.1 Å². The van der Waals surface area contributed by atoms with Gasteiger partial charge in [0.05, 0.1) is 28.5 Å². The van der Waals surface area contributed by atoms with Gasteiger partial charge in [-0.25, -0.2) is 4.68 Å². The molecule has 1 aliphatic rings. The van der Waals surface area contributed by atoms with Gasteiger partial charge >= 0.3 is 0 Å². The lowest BCUT2D eigenvalue weighted by Crippen LogP contribution is -2.39. The number of halogens is 2. The summed E-state index contributed by atoms with van der Waals surface area (Å²) in [4.78, 5) is 24.8. The molecule has 4 rings (SSSR count). The maximum atomic E-state index is 12.9. The first kappa shape index (κ1) is 20.9. The van der Waals surface area contributed by atoms with E-state index in [0.29, 0.717) is 28.1 Å². The fourth-order valence-electron chi connectivity index (χ4n) is 3.27. The first-order chi connectivity index (χ1) is 14.9. The highest BCUT2D eigenvalue weighted by molar-refractivity contribution is 6.44. The van der Waals surface area contributed by atoms with Crippen LogP contribution in [0.5, 0.6) is 0 Å². The number of carbonyl (C=O) groups is 2. The van der Waals surface area contributed by atoms with Gasteiger partial charge in [0.1, 0.15) is 17.6 Å². The predicted molar refractivity (Wildman–Crippen MR) is 120 cm³/mol. The van der Waals surface area contributed by atoms with Gasteiger partial charge in [0.15, 0.2) is 0 Å². The summed E-state index contributed by atoms with van der Waals surface area (Å²) in [5, 5.41) is 13.7. The van der Waals surface area contributed by atoms with Crippen molar-refractivity contribution in [2.24, 2.45) is 10.8 Å². The molecule has 1 atom stereocenters. The number of aromatic nitrogens is 2. The number of para-hydroxylation sites is 1. The van der Waals surface area contributed by atoms with E-state index in [1.54, 1.807) is 41.2 Å². The minimum absolute atomic E-state index is 0.102. The molecule has 2 aromatic carbocycles. The molecule has 0 bridgehead atoms. The van der Waals surface area contributed by atoms with E-state index in [1.807, 2.05) is 24.3 Å². The quantitative estimate of drug-likeness (QED) is 0.593. The smallest absolute Gasteiger partial charge is 0.273 e. The van der Waals surface area contributed by atoms with Gasteiger partial charge in [0.25, 0.3) is 5.91 Å². The van der Waals surface area contributed by atoms with E-state index < -0.39 is 17.9 Å². The first-order valence-electron chi connectivity index (χ1n) is 9.41. The van der Waals surface area contributed by atoms with E-state index in [4.69, 9.17) is 28.9 Å². The number of hydrogen-bond acceptors (Lipinski definition) is 5. The number of nitrogens with two attached hydrogens (primary N) is 1. The standard InChI is InChI=1S/C21H18Cl2N6O2/c22-15-8-4-5-13(19(15)23)12-28-18(9-10-25-28)26-21(31)16-11-17(20(24)30)29(27-16)14-6-2-1-3-7-14/h1-10,17H,11-12H2,(H2,24,30)(H,26,31). The summed E-state index contributed by atoms with van der Waals surface area (Å²) in [6.45, 7) is 0.314. The Morgan fingerprint density at radius 2 is 1.87 bits per heavy atom. The number of benzene rings is 2. The second-order valence-electron chi connectivity index (χ2n) is 6.89. The normalized spacial score (nSPS) is 15.6. The Bertz CT molecular complexity index is 1160. The molecular weight excluding hydrogens is 439 g/mol. The maximum Gasteiger partial charge on any atom is 0.273 e. The van der Waals surface area contributed by atoms with Gasteiger partial charge in [-0.15, -0.1) is 0 Å². The molecule has 0 radical (unpaired) electrons. The Kier molecular flexibility index (Phi) is 5.92. The fraction of sp³-hybridized carbons (Fsp3) is 0.143. The van der Waals surface area contributed by atoms with Gasteiger partial charge in [-0.1, -0.05) is 53.5 Å². The number of anilines is 2. The molecule has 8 nitrogen and oxygen atoms in total. The predicted octanol–water partition coefficient (Wildman–Crippen LogP) is 3.30. The number of hydrazone groups is 1. The van der Waals surface area contributed by atoms with Crippen LogP contribution in [0, 0.1) is 0 Å². The number of nitrogens with zero attached hydrogens (tertiary/aromatic N) is 4. The van der Waals surface area contributed by atoms with Crippen LogP contribution in [-0.4, -0.2) is 33.3 Å². The monoisotopic (exact) mass is 456 g/mol. The Labute approximate surface area is 188 Å². The molecule has 1 unspecified atom stereocenters. The molecule has 0 spiro atoms. The van der Waals surface area contributed by atoms with Crippen LogP contribution < -0.4 is 16.1 Å². The van der Waals surface area contributed by atoms with E-state index in [1.165, 1.54) is 5.01 Å². The molecular formula is C21H18Cl2N6O2. The van der Waals surface area contributed by atoms with E-state index in [2.05, 4.69) is 15.5 Å². The summed E-state index contributed by atoms with van der Waals surface area (Å²) in [5.74, 6) is -0.544. The third kappa shape index (κ3) is 4.40. The van der Waals surface area contributed by atoms with Crippen molar-refractivity contribution in [3.05, 3.63) is 76.4 Å². The second kappa shape index (κ2) is 8.79. The van der Waals surface area contributed by atoms with Crippen molar-refractivity contribution in [3.8, 4) is 0 Å². The largest absolute Gasteiger partial charge is 0.368 e. The number of amides is 2. The van der Waals surface area contributed by atoms with Crippen LogP contribution in [0.4, 0.5) is 11.5 Å². The third-order valence-electron chi connectivity index (χ3n) is 4.83. The number of carbonyl (C=O) groups excluding carboxylic acids is 2. The molecule has 158 valence electrons. The number of rotatable bonds is 6. The lowest BCUT2D eigenvalue weighted by Gasteiger charge is -2.20. The Balaban J connectivity index is 1.53. The minimum Gasteiger partial charge on any atom is -0.368 e. The molecule has 31 heavy (non-hydrogen) atoms. The van der Waals surface area contributed by atoms with E-state index in [0.717, 1.165) is 5.56 Å². The zero-order valence-corrected chi connectivity index (χ0v) is 17.7. The molecule has 0 saturated heterocycles. The molecule has 0 aliphatic carbocycles. The Morgan fingerprint density at radius 1 is 1.10 bits per heavy atom. The third-order valence-corrected chi connectivity index (χ3v) is 5.69.